The van der Waals surface area contributed by atoms with Crippen molar-refractivity contribution in [2.75, 3.05) is 23.4 Å². The number of aromatic nitrogens is 1. The molecule has 0 saturated carbocycles. The third-order valence-corrected chi connectivity index (χ3v) is 6.40. The molecule has 34 heavy (non-hydrogen) atoms. The number of amides is 3. The third-order valence-electron chi connectivity index (χ3n) is 5.12. The lowest BCUT2D eigenvalue weighted by molar-refractivity contribution is -0.136. The average molecular weight is 516 g/mol. The molecular formula is C20H11ClF5N5O2S. The van der Waals surface area contributed by atoms with Gasteiger partial charge in [-0.05, 0) is 24.3 Å². The number of pyridine rings is 1. The quantitative estimate of drug-likeness (QED) is 0.405. The summed E-state index contributed by atoms with van der Waals surface area (Å²) in [4.78, 5) is 31.0. The van der Waals surface area contributed by atoms with Gasteiger partial charge in [-0.25, -0.2) is 18.6 Å². The average Bonchev–Trinajstić information content (AvgIpc) is 3.38. The van der Waals surface area contributed by atoms with Gasteiger partial charge in [0.1, 0.15) is 38.5 Å². The second kappa shape index (κ2) is 8.37. The number of nitrogens with zero attached hydrogens (tertiary/aromatic N) is 4. The summed E-state index contributed by atoms with van der Waals surface area (Å²) in [5.74, 6) is -3.64. The number of hydrogen-bond acceptors (Lipinski definition) is 5. The molecule has 0 aliphatic carbocycles. The maximum atomic E-state index is 14.4. The summed E-state index contributed by atoms with van der Waals surface area (Å²) in [5.41, 5.74) is -1.53. The maximum absolute atomic E-state index is 14.4. The number of carbonyl (C=O) groups is 2. The summed E-state index contributed by atoms with van der Waals surface area (Å²) in [7, 11) is 1.15. The molecule has 2 aromatic heterocycles. The van der Waals surface area contributed by atoms with Gasteiger partial charge in [0.2, 0.25) is 0 Å². The highest BCUT2D eigenvalue weighted by molar-refractivity contribution is 7.19. The van der Waals surface area contributed by atoms with Crippen molar-refractivity contribution < 1.29 is 31.5 Å². The first-order valence-corrected chi connectivity index (χ1v) is 10.5. The third kappa shape index (κ3) is 3.88. The first kappa shape index (κ1) is 23.7. The van der Waals surface area contributed by atoms with Crippen molar-refractivity contribution >= 4 is 56.6 Å². The van der Waals surface area contributed by atoms with Gasteiger partial charge in [0, 0.05) is 19.0 Å². The van der Waals surface area contributed by atoms with E-state index in [2.05, 4.69) is 10.3 Å². The highest BCUT2D eigenvalue weighted by Gasteiger charge is 2.42. The molecule has 3 amide bonds. The van der Waals surface area contributed by atoms with Crippen LogP contribution in [0.5, 0.6) is 0 Å². The molecule has 1 saturated heterocycles. The molecule has 1 aliphatic rings. The maximum Gasteiger partial charge on any atom is 0.417 e. The van der Waals surface area contributed by atoms with Crippen molar-refractivity contribution in [1.29, 1.82) is 5.26 Å². The van der Waals surface area contributed by atoms with Crippen LogP contribution in [0.1, 0.15) is 10.4 Å². The molecule has 1 atom stereocenters. The zero-order valence-corrected chi connectivity index (χ0v) is 18.4. The summed E-state index contributed by atoms with van der Waals surface area (Å²) in [6, 6.07) is 2.90. The minimum atomic E-state index is -4.84. The normalized spacial score (nSPS) is 16.0. The van der Waals surface area contributed by atoms with Crippen LogP contribution in [0.25, 0.3) is 10.2 Å². The summed E-state index contributed by atoms with van der Waals surface area (Å²) >= 11 is 6.26. The number of nitrogens with one attached hydrogen (secondary N) is 1. The van der Waals surface area contributed by atoms with Crippen LogP contribution in [0.3, 0.4) is 0 Å². The van der Waals surface area contributed by atoms with Gasteiger partial charge in [-0.3, -0.25) is 9.69 Å². The molecular weight excluding hydrogens is 505 g/mol. The van der Waals surface area contributed by atoms with Crippen molar-refractivity contribution in [3.05, 3.63) is 51.4 Å². The van der Waals surface area contributed by atoms with E-state index in [-0.39, 0.29) is 21.6 Å². The van der Waals surface area contributed by atoms with Crippen LogP contribution in [0, 0.1) is 23.0 Å². The van der Waals surface area contributed by atoms with Gasteiger partial charge in [-0.1, -0.05) is 11.6 Å². The van der Waals surface area contributed by atoms with Gasteiger partial charge in [0.05, 0.1) is 11.3 Å². The number of thiophene rings is 1. The van der Waals surface area contributed by atoms with E-state index in [1.54, 1.807) is 6.07 Å². The zero-order chi connectivity index (χ0) is 24.9. The lowest BCUT2D eigenvalue weighted by Crippen LogP contribution is -2.47. The number of carbonyl (C=O) groups excluding carboxylic acids is 2. The van der Waals surface area contributed by atoms with Gasteiger partial charge < -0.3 is 10.2 Å². The number of alkyl halides is 3. The Morgan fingerprint density at radius 1 is 1.35 bits per heavy atom. The smallest absolute Gasteiger partial charge is 0.335 e. The number of halogens is 6. The molecule has 7 nitrogen and oxygen atoms in total. The molecule has 1 N–H and O–H groups in total. The van der Waals surface area contributed by atoms with Gasteiger partial charge in [-0.2, -0.15) is 18.4 Å². The largest absolute Gasteiger partial charge is 0.417 e. The highest BCUT2D eigenvalue weighted by atomic mass is 35.5. The lowest BCUT2D eigenvalue weighted by Gasteiger charge is -2.27. The van der Waals surface area contributed by atoms with Crippen LogP contribution in [0.2, 0.25) is 5.02 Å². The van der Waals surface area contributed by atoms with E-state index in [9.17, 15) is 31.5 Å². The first-order chi connectivity index (χ1) is 15.9. The molecule has 176 valence electrons. The van der Waals surface area contributed by atoms with E-state index in [4.69, 9.17) is 16.9 Å². The van der Waals surface area contributed by atoms with Crippen LogP contribution >= 0.6 is 22.9 Å². The number of hydrogen-bond donors (Lipinski definition) is 1. The topological polar surface area (TPSA) is 89.3 Å². The van der Waals surface area contributed by atoms with Crippen LogP contribution < -0.4 is 15.1 Å². The van der Waals surface area contributed by atoms with Gasteiger partial charge in [0.25, 0.3) is 5.91 Å². The van der Waals surface area contributed by atoms with Crippen LogP contribution in [0.4, 0.5) is 38.3 Å². The molecule has 0 bridgehead atoms. The Labute approximate surface area is 196 Å². The highest BCUT2D eigenvalue weighted by Crippen LogP contribution is 2.40. The van der Waals surface area contributed by atoms with E-state index in [0.29, 0.717) is 17.4 Å². The molecule has 1 fully saturated rings. The number of fused-ring (bicyclic) bond motifs is 1. The second-order valence-electron chi connectivity index (χ2n) is 7.13. The minimum absolute atomic E-state index is 0.0213. The van der Waals surface area contributed by atoms with Crippen LogP contribution in [-0.2, 0) is 11.0 Å². The Hall–Kier alpha value is -3.50. The Balaban J connectivity index is 1.78. The van der Waals surface area contributed by atoms with E-state index < -0.39 is 57.9 Å². The summed E-state index contributed by atoms with van der Waals surface area (Å²) < 4.78 is 69.1. The number of rotatable bonds is 3. The first-order valence-electron chi connectivity index (χ1n) is 9.34. The van der Waals surface area contributed by atoms with E-state index in [1.807, 2.05) is 0 Å². The Morgan fingerprint density at radius 2 is 2.06 bits per heavy atom. The summed E-state index contributed by atoms with van der Waals surface area (Å²) in [6.45, 7) is -0.312. The number of urea groups is 1. The predicted molar refractivity (Wildman–Crippen MR) is 114 cm³/mol. The van der Waals surface area contributed by atoms with Gasteiger partial charge >= 0.3 is 12.2 Å². The van der Waals surface area contributed by atoms with Gasteiger partial charge in [0.15, 0.2) is 5.82 Å². The standard InChI is InChI=1S/C20H11ClF5N5O2S/c1-30(12-3-2-11(22)15(21)16(12)23)18(32)13-7-28-19(33)31(13)14-5-10(20(24,25)26)9-4-8(6-27)34-17(9)29-14/h2-5,13H,7H2,1H3,(H,28,33). The number of nitriles is 1. The fourth-order valence-electron chi connectivity index (χ4n) is 3.49. The Kier molecular flexibility index (Phi) is 5.82. The van der Waals surface area contributed by atoms with Crippen molar-refractivity contribution in [1.82, 2.24) is 10.3 Å². The fourth-order valence-corrected chi connectivity index (χ4v) is 4.50. The summed E-state index contributed by atoms with van der Waals surface area (Å²) in [5, 5.41) is 10.3. The minimum Gasteiger partial charge on any atom is -0.335 e. The van der Waals surface area contributed by atoms with E-state index in [1.165, 1.54) is 0 Å². The number of benzene rings is 1. The molecule has 1 aromatic carbocycles. The molecule has 3 aromatic rings. The van der Waals surface area contributed by atoms with Crippen molar-refractivity contribution in [2.45, 2.75) is 12.2 Å². The predicted octanol–water partition coefficient (Wildman–Crippen LogP) is 4.68. The van der Waals surface area contributed by atoms with Crippen LogP contribution in [-0.4, -0.2) is 36.6 Å². The Morgan fingerprint density at radius 3 is 2.71 bits per heavy atom. The van der Waals surface area contributed by atoms with E-state index in [0.717, 1.165) is 35.0 Å². The van der Waals surface area contributed by atoms with Crippen LogP contribution in [0.15, 0.2) is 24.3 Å². The monoisotopic (exact) mass is 515 g/mol. The molecule has 4 rings (SSSR count). The van der Waals surface area contributed by atoms with Crippen molar-refractivity contribution in [2.24, 2.45) is 0 Å². The van der Waals surface area contributed by atoms with Crippen molar-refractivity contribution in [3.8, 4) is 6.07 Å². The van der Waals surface area contributed by atoms with E-state index >= 15 is 0 Å². The molecule has 0 spiro atoms. The number of anilines is 2. The Bertz CT molecular complexity index is 1390. The zero-order valence-electron chi connectivity index (χ0n) is 16.9. The van der Waals surface area contributed by atoms with Gasteiger partial charge in [-0.15, -0.1) is 11.3 Å². The fraction of sp³-hybridized carbons (Fsp3) is 0.200. The second-order valence-corrected chi connectivity index (χ2v) is 8.54. The summed E-state index contributed by atoms with van der Waals surface area (Å²) in [6.07, 6.45) is -4.84. The molecule has 1 unspecified atom stereocenters. The molecule has 3 heterocycles. The molecule has 14 heteroatoms. The molecule has 0 radical (unpaired) electrons. The number of likely N-dealkylation sites (N-methyl/N-ethyl adjacent to an activating group) is 1. The van der Waals surface area contributed by atoms with Crippen molar-refractivity contribution in [3.63, 3.8) is 0 Å². The molecule has 1 aliphatic heterocycles. The SMILES string of the molecule is CN(C(=O)C1CNC(=O)N1c1cc(C(F)(F)F)c2cc(C#N)sc2n1)c1ccc(F)c(Cl)c1F. The lowest BCUT2D eigenvalue weighted by atomic mass is 10.1.